The third-order valence-corrected chi connectivity index (χ3v) is 5.97. The smallest absolute Gasteiger partial charge is 0.213 e. The van der Waals surface area contributed by atoms with E-state index >= 15 is 0 Å². The molecular formula is C22H44N2O2. The first-order valence-corrected chi connectivity index (χ1v) is 11.5. The summed E-state index contributed by atoms with van der Waals surface area (Å²) in [6.45, 7) is 4.35. The highest BCUT2D eigenvalue weighted by Crippen LogP contribution is 2.18. The van der Waals surface area contributed by atoms with Crippen molar-refractivity contribution in [3.63, 3.8) is 0 Å². The van der Waals surface area contributed by atoms with Gasteiger partial charge in [-0.3, -0.25) is 10.1 Å². The van der Waals surface area contributed by atoms with Crippen molar-refractivity contribution in [2.24, 2.45) is 0 Å². The van der Waals surface area contributed by atoms with Crippen molar-refractivity contribution in [3.8, 4) is 0 Å². The number of nitro groups is 1. The second kappa shape index (κ2) is 15.4. The minimum atomic E-state index is -0.317. The van der Waals surface area contributed by atoms with Crippen molar-refractivity contribution in [2.45, 2.75) is 141 Å². The molecule has 0 heterocycles. The highest BCUT2D eigenvalue weighted by atomic mass is 16.6. The molecule has 0 spiro atoms. The van der Waals surface area contributed by atoms with Crippen molar-refractivity contribution in [1.29, 1.82) is 0 Å². The Balaban J connectivity index is 2.16. The van der Waals surface area contributed by atoms with E-state index in [9.17, 15) is 10.1 Å². The predicted octanol–water partition coefficient (Wildman–Crippen LogP) is 6.64. The quantitative estimate of drug-likeness (QED) is 0.252. The van der Waals surface area contributed by atoms with Crippen LogP contribution in [0.15, 0.2) is 0 Å². The van der Waals surface area contributed by atoms with Crippen LogP contribution in [-0.2, 0) is 0 Å². The van der Waals surface area contributed by atoms with Gasteiger partial charge in [0.2, 0.25) is 6.04 Å². The van der Waals surface area contributed by atoms with Crippen LogP contribution in [0.3, 0.4) is 0 Å². The SMILES string of the molecule is CCCC(CCCCCC(C)NC1CCCCCCCCCC1)[N+](=O)[O-]. The van der Waals surface area contributed by atoms with Crippen LogP contribution < -0.4 is 5.32 Å². The lowest BCUT2D eigenvalue weighted by atomic mass is 10.00. The van der Waals surface area contributed by atoms with Gasteiger partial charge in [0.15, 0.2) is 0 Å². The molecule has 0 aliphatic heterocycles. The van der Waals surface area contributed by atoms with Crippen LogP contribution in [0, 0.1) is 10.1 Å². The fourth-order valence-corrected chi connectivity index (χ4v) is 4.33. The van der Waals surface area contributed by atoms with Crippen molar-refractivity contribution in [1.82, 2.24) is 5.32 Å². The summed E-state index contributed by atoms with van der Waals surface area (Å²) >= 11 is 0. The standard InChI is InChI=1S/C22H44N2O2/c1-3-15-22(24(25)26)19-14-10-11-16-20(2)23-21-17-12-8-6-4-5-7-9-13-18-21/h20-23H,3-19H2,1-2H3. The summed E-state index contributed by atoms with van der Waals surface area (Å²) < 4.78 is 0. The highest BCUT2D eigenvalue weighted by Gasteiger charge is 2.18. The Hall–Kier alpha value is -0.640. The lowest BCUT2D eigenvalue weighted by molar-refractivity contribution is -0.524. The largest absolute Gasteiger partial charge is 0.312 e. The molecule has 2 atom stereocenters. The van der Waals surface area contributed by atoms with Crippen molar-refractivity contribution >= 4 is 0 Å². The molecule has 1 fully saturated rings. The first-order valence-electron chi connectivity index (χ1n) is 11.5. The van der Waals surface area contributed by atoms with Crippen LogP contribution in [0.4, 0.5) is 0 Å². The normalized spacial score (nSPS) is 20.2. The lowest BCUT2D eigenvalue weighted by Crippen LogP contribution is -2.36. The van der Waals surface area contributed by atoms with Gasteiger partial charge in [0.25, 0.3) is 0 Å². The van der Waals surface area contributed by atoms with Crippen LogP contribution >= 0.6 is 0 Å². The average molecular weight is 369 g/mol. The van der Waals surface area contributed by atoms with Gasteiger partial charge in [-0.1, -0.05) is 71.1 Å². The van der Waals surface area contributed by atoms with Gasteiger partial charge in [-0.15, -0.1) is 0 Å². The Morgan fingerprint density at radius 2 is 1.42 bits per heavy atom. The van der Waals surface area contributed by atoms with E-state index in [1.165, 1.54) is 77.0 Å². The number of rotatable bonds is 11. The number of nitrogens with one attached hydrogen (secondary N) is 1. The molecule has 1 N–H and O–H groups in total. The second-order valence-corrected chi connectivity index (χ2v) is 8.54. The fraction of sp³-hybridized carbons (Fsp3) is 1.00. The van der Waals surface area contributed by atoms with Crippen LogP contribution in [-0.4, -0.2) is 23.0 Å². The molecule has 0 radical (unpaired) electrons. The van der Waals surface area contributed by atoms with Crippen molar-refractivity contribution in [3.05, 3.63) is 10.1 Å². The van der Waals surface area contributed by atoms with E-state index in [1.54, 1.807) is 0 Å². The van der Waals surface area contributed by atoms with E-state index in [1.807, 2.05) is 6.92 Å². The summed E-state index contributed by atoms with van der Waals surface area (Å²) in [6.07, 6.45) is 20.9. The molecule has 154 valence electrons. The van der Waals surface area contributed by atoms with E-state index in [-0.39, 0.29) is 11.0 Å². The topological polar surface area (TPSA) is 55.2 Å². The Labute approximate surface area is 162 Å². The van der Waals surface area contributed by atoms with Gasteiger partial charge in [-0.25, -0.2) is 0 Å². The third-order valence-electron chi connectivity index (χ3n) is 5.97. The van der Waals surface area contributed by atoms with Crippen LogP contribution in [0.5, 0.6) is 0 Å². The summed E-state index contributed by atoms with van der Waals surface area (Å²) in [4.78, 5) is 10.9. The van der Waals surface area contributed by atoms with Crippen LogP contribution in [0.1, 0.15) is 123 Å². The summed E-state index contributed by atoms with van der Waals surface area (Å²) in [5.41, 5.74) is 0. The Morgan fingerprint density at radius 3 is 1.96 bits per heavy atom. The monoisotopic (exact) mass is 368 g/mol. The zero-order valence-electron chi connectivity index (χ0n) is 17.5. The van der Waals surface area contributed by atoms with Gasteiger partial charge in [0, 0.05) is 29.8 Å². The molecule has 0 aromatic heterocycles. The summed E-state index contributed by atoms with van der Waals surface area (Å²) in [7, 11) is 0. The molecule has 1 saturated carbocycles. The molecule has 0 amide bonds. The molecule has 0 saturated heterocycles. The Kier molecular flexibility index (Phi) is 13.9. The molecular weight excluding hydrogens is 324 g/mol. The van der Waals surface area contributed by atoms with Gasteiger partial charge in [-0.05, 0) is 39.0 Å². The maximum absolute atomic E-state index is 11.0. The maximum atomic E-state index is 11.0. The lowest BCUT2D eigenvalue weighted by Gasteiger charge is -2.23. The van der Waals surface area contributed by atoms with E-state index < -0.39 is 0 Å². The summed E-state index contributed by atoms with van der Waals surface area (Å²) in [6, 6.07) is 0.959. The van der Waals surface area contributed by atoms with Crippen molar-refractivity contribution < 1.29 is 4.92 Å². The molecule has 4 heteroatoms. The van der Waals surface area contributed by atoms with E-state index in [0.717, 1.165) is 32.1 Å². The number of hydrogen-bond acceptors (Lipinski definition) is 3. The zero-order valence-corrected chi connectivity index (χ0v) is 17.5. The third kappa shape index (κ3) is 11.9. The molecule has 2 unspecified atom stereocenters. The van der Waals surface area contributed by atoms with Crippen LogP contribution in [0.2, 0.25) is 0 Å². The molecule has 0 aromatic rings. The average Bonchev–Trinajstić information content (AvgIpc) is 2.66. The van der Waals surface area contributed by atoms with Crippen LogP contribution in [0.25, 0.3) is 0 Å². The second-order valence-electron chi connectivity index (χ2n) is 8.54. The molecule has 26 heavy (non-hydrogen) atoms. The molecule has 0 bridgehead atoms. The molecule has 1 aliphatic carbocycles. The maximum Gasteiger partial charge on any atom is 0.213 e. The van der Waals surface area contributed by atoms with Gasteiger partial charge in [0.1, 0.15) is 0 Å². The number of unbranched alkanes of at least 4 members (excludes halogenated alkanes) is 2. The Morgan fingerprint density at radius 1 is 0.885 bits per heavy atom. The molecule has 4 nitrogen and oxygen atoms in total. The number of nitrogens with zero attached hydrogens (tertiary/aromatic N) is 1. The van der Waals surface area contributed by atoms with E-state index in [4.69, 9.17) is 0 Å². The molecule has 1 rings (SSSR count). The fourth-order valence-electron chi connectivity index (χ4n) is 4.33. The van der Waals surface area contributed by atoms with Gasteiger partial charge < -0.3 is 5.32 Å². The minimum Gasteiger partial charge on any atom is -0.312 e. The zero-order chi connectivity index (χ0) is 19.0. The van der Waals surface area contributed by atoms with E-state index in [0.29, 0.717) is 12.1 Å². The predicted molar refractivity (Wildman–Crippen MR) is 111 cm³/mol. The first-order chi connectivity index (χ1) is 12.6. The highest BCUT2D eigenvalue weighted by molar-refractivity contribution is 4.73. The van der Waals surface area contributed by atoms with Crippen molar-refractivity contribution in [2.75, 3.05) is 0 Å². The number of hydrogen-bond donors (Lipinski definition) is 1. The van der Waals surface area contributed by atoms with E-state index in [2.05, 4.69) is 12.2 Å². The summed E-state index contributed by atoms with van der Waals surface area (Å²) in [5.74, 6) is 0. The Bertz CT molecular complexity index is 337. The summed E-state index contributed by atoms with van der Waals surface area (Å²) in [5, 5.41) is 14.9. The van der Waals surface area contributed by atoms with Gasteiger partial charge >= 0.3 is 0 Å². The minimum absolute atomic E-state index is 0.0740. The molecule has 1 aliphatic rings. The molecule has 0 aromatic carbocycles. The van der Waals surface area contributed by atoms with Gasteiger partial charge in [-0.2, -0.15) is 0 Å². The first kappa shape index (κ1) is 23.4. The van der Waals surface area contributed by atoms with Gasteiger partial charge in [0.05, 0.1) is 0 Å².